The van der Waals surface area contributed by atoms with Gasteiger partial charge in [-0.15, -0.1) is 0 Å². The van der Waals surface area contributed by atoms with Gasteiger partial charge in [-0.1, -0.05) is 12.1 Å². The van der Waals surface area contributed by atoms with Crippen LogP contribution in [0, 0.1) is 12.8 Å². The second-order valence-corrected chi connectivity index (χ2v) is 7.75. The van der Waals surface area contributed by atoms with Gasteiger partial charge < -0.3 is 4.74 Å². The van der Waals surface area contributed by atoms with Crippen LogP contribution in [0.25, 0.3) is 0 Å². The van der Waals surface area contributed by atoms with Gasteiger partial charge in [-0.2, -0.15) is 0 Å². The Kier molecular flexibility index (Phi) is 3.73. The molecule has 110 valence electrons. The fourth-order valence-electron chi connectivity index (χ4n) is 3.04. The molecule has 1 aromatic carbocycles. The summed E-state index contributed by atoms with van der Waals surface area (Å²) < 4.78 is 32.3. The predicted octanol–water partition coefficient (Wildman–Crippen LogP) is 2.11. The van der Waals surface area contributed by atoms with Gasteiger partial charge in [-0.25, -0.2) is 8.42 Å². The van der Waals surface area contributed by atoms with Gasteiger partial charge in [0.15, 0.2) is 0 Å². The van der Waals surface area contributed by atoms with Crippen LogP contribution in [0.1, 0.15) is 24.0 Å². The first-order valence-corrected chi connectivity index (χ1v) is 8.85. The molecule has 1 unspecified atom stereocenters. The second kappa shape index (κ2) is 5.37. The summed E-state index contributed by atoms with van der Waals surface area (Å²) in [5, 5.41) is 0. The maximum atomic E-state index is 12.7. The van der Waals surface area contributed by atoms with Crippen molar-refractivity contribution in [2.75, 3.05) is 29.8 Å². The molecular weight excluding hydrogens is 274 g/mol. The molecule has 2 aliphatic rings. The average Bonchev–Trinajstić information content (AvgIpc) is 2.90. The van der Waals surface area contributed by atoms with Gasteiger partial charge in [-0.3, -0.25) is 4.31 Å². The van der Waals surface area contributed by atoms with Crippen LogP contribution in [0.5, 0.6) is 0 Å². The predicted molar refractivity (Wildman–Crippen MR) is 79.6 cm³/mol. The van der Waals surface area contributed by atoms with Gasteiger partial charge in [0, 0.05) is 19.1 Å². The molecule has 1 aromatic rings. The van der Waals surface area contributed by atoms with Crippen LogP contribution in [-0.2, 0) is 21.2 Å². The molecular formula is C15H21NO3S. The number of benzene rings is 1. The van der Waals surface area contributed by atoms with Crippen molar-refractivity contribution in [3.63, 3.8) is 0 Å². The number of aryl methyl sites for hydroxylation is 2. The molecule has 0 aliphatic carbocycles. The second-order valence-electron chi connectivity index (χ2n) is 5.82. The smallest absolute Gasteiger partial charge is 0.235 e. The van der Waals surface area contributed by atoms with Crippen LogP contribution in [0.4, 0.5) is 5.69 Å². The maximum Gasteiger partial charge on any atom is 0.235 e. The van der Waals surface area contributed by atoms with E-state index < -0.39 is 10.0 Å². The summed E-state index contributed by atoms with van der Waals surface area (Å²) in [5.41, 5.74) is 3.14. The van der Waals surface area contributed by atoms with Gasteiger partial charge in [0.05, 0.1) is 18.0 Å². The topological polar surface area (TPSA) is 46.6 Å². The summed E-state index contributed by atoms with van der Waals surface area (Å²) in [4.78, 5) is 0. The first-order chi connectivity index (χ1) is 9.56. The monoisotopic (exact) mass is 295 g/mol. The van der Waals surface area contributed by atoms with E-state index in [1.165, 1.54) is 0 Å². The number of hydrogen-bond donors (Lipinski definition) is 0. The van der Waals surface area contributed by atoms with Crippen molar-refractivity contribution >= 4 is 15.7 Å². The molecule has 1 atom stereocenters. The zero-order valence-corrected chi connectivity index (χ0v) is 12.7. The zero-order chi connectivity index (χ0) is 14.2. The van der Waals surface area contributed by atoms with Crippen LogP contribution >= 0.6 is 0 Å². The van der Waals surface area contributed by atoms with E-state index in [1.807, 2.05) is 13.0 Å². The Morgan fingerprint density at radius 3 is 3.00 bits per heavy atom. The highest BCUT2D eigenvalue weighted by molar-refractivity contribution is 7.92. The Labute approximate surface area is 120 Å². The van der Waals surface area contributed by atoms with E-state index in [1.54, 1.807) is 4.31 Å². The molecule has 0 amide bonds. The molecule has 0 radical (unpaired) electrons. The average molecular weight is 295 g/mol. The van der Waals surface area contributed by atoms with Gasteiger partial charge >= 0.3 is 0 Å². The molecule has 0 aromatic heterocycles. The number of anilines is 1. The normalized spacial score (nSPS) is 22.9. The molecule has 5 heteroatoms. The van der Waals surface area contributed by atoms with Crippen LogP contribution in [-0.4, -0.2) is 33.9 Å². The number of sulfonamides is 1. The Hall–Kier alpha value is -1.07. The van der Waals surface area contributed by atoms with Crippen molar-refractivity contribution in [2.45, 2.75) is 26.2 Å². The lowest BCUT2D eigenvalue weighted by molar-refractivity contribution is 0.188. The van der Waals surface area contributed by atoms with E-state index in [9.17, 15) is 8.42 Å². The summed E-state index contributed by atoms with van der Waals surface area (Å²) in [6.45, 7) is 3.88. The van der Waals surface area contributed by atoms with Gasteiger partial charge in [0.2, 0.25) is 10.0 Å². The Bertz CT molecular complexity index is 591. The highest BCUT2D eigenvalue weighted by Crippen LogP contribution is 2.31. The number of rotatable bonds is 3. The van der Waals surface area contributed by atoms with Crippen molar-refractivity contribution in [1.82, 2.24) is 0 Å². The maximum absolute atomic E-state index is 12.7. The van der Waals surface area contributed by atoms with Crippen LogP contribution in [0.3, 0.4) is 0 Å². The summed E-state index contributed by atoms with van der Waals surface area (Å²) in [7, 11) is -3.24. The molecule has 0 spiro atoms. The third-order valence-electron chi connectivity index (χ3n) is 4.12. The lowest BCUT2D eigenvalue weighted by Gasteiger charge is -2.31. The third-order valence-corrected chi connectivity index (χ3v) is 6.07. The molecule has 2 heterocycles. The lowest BCUT2D eigenvalue weighted by Crippen LogP contribution is -2.39. The third kappa shape index (κ3) is 2.69. The van der Waals surface area contributed by atoms with E-state index in [-0.39, 0.29) is 11.7 Å². The SMILES string of the molecule is Cc1ccc2c(c1)N(S(=O)(=O)CC1CCOC1)CCC2. The van der Waals surface area contributed by atoms with Crippen molar-refractivity contribution < 1.29 is 13.2 Å². The van der Waals surface area contributed by atoms with Gasteiger partial charge in [0.1, 0.15) is 0 Å². The van der Waals surface area contributed by atoms with E-state index in [0.717, 1.165) is 36.1 Å². The van der Waals surface area contributed by atoms with Crippen molar-refractivity contribution in [1.29, 1.82) is 0 Å². The number of nitrogens with zero attached hydrogens (tertiary/aromatic N) is 1. The summed E-state index contributed by atoms with van der Waals surface area (Å²) >= 11 is 0. The first kappa shape index (κ1) is 13.9. The van der Waals surface area contributed by atoms with Crippen molar-refractivity contribution in [3.8, 4) is 0 Å². The minimum Gasteiger partial charge on any atom is -0.381 e. The Balaban J connectivity index is 1.88. The number of ether oxygens (including phenoxy) is 1. The zero-order valence-electron chi connectivity index (χ0n) is 11.8. The highest BCUT2D eigenvalue weighted by atomic mass is 32.2. The molecule has 0 bridgehead atoms. The molecule has 20 heavy (non-hydrogen) atoms. The largest absolute Gasteiger partial charge is 0.381 e. The fourth-order valence-corrected chi connectivity index (χ4v) is 4.96. The van der Waals surface area contributed by atoms with Gasteiger partial charge in [-0.05, 0) is 43.4 Å². The van der Waals surface area contributed by atoms with Gasteiger partial charge in [0.25, 0.3) is 0 Å². The summed E-state index contributed by atoms with van der Waals surface area (Å²) in [6, 6.07) is 6.11. The summed E-state index contributed by atoms with van der Waals surface area (Å²) in [6.07, 6.45) is 2.72. The fraction of sp³-hybridized carbons (Fsp3) is 0.600. The molecule has 4 nitrogen and oxygen atoms in total. The minimum atomic E-state index is -3.24. The van der Waals surface area contributed by atoms with E-state index in [2.05, 4.69) is 12.1 Å². The molecule has 2 aliphatic heterocycles. The quantitative estimate of drug-likeness (QED) is 0.858. The standard InChI is InChI=1S/C15H21NO3S/c1-12-4-5-14-3-2-7-16(15(14)9-12)20(17,18)11-13-6-8-19-10-13/h4-5,9,13H,2-3,6-8,10-11H2,1H3. The number of fused-ring (bicyclic) bond motifs is 1. The van der Waals surface area contributed by atoms with Crippen molar-refractivity contribution in [3.05, 3.63) is 29.3 Å². The van der Waals surface area contributed by atoms with E-state index in [4.69, 9.17) is 4.74 Å². The van der Waals surface area contributed by atoms with Crippen LogP contribution in [0.15, 0.2) is 18.2 Å². The lowest BCUT2D eigenvalue weighted by atomic mass is 10.0. The molecule has 0 N–H and O–H groups in total. The number of hydrogen-bond acceptors (Lipinski definition) is 3. The highest BCUT2D eigenvalue weighted by Gasteiger charge is 2.31. The van der Waals surface area contributed by atoms with Crippen LogP contribution < -0.4 is 4.31 Å². The summed E-state index contributed by atoms with van der Waals surface area (Å²) in [5.74, 6) is 0.357. The van der Waals surface area contributed by atoms with E-state index >= 15 is 0 Å². The molecule has 1 fully saturated rings. The van der Waals surface area contributed by atoms with Crippen molar-refractivity contribution in [2.24, 2.45) is 5.92 Å². The minimum absolute atomic E-state index is 0.148. The van der Waals surface area contributed by atoms with Crippen LogP contribution in [0.2, 0.25) is 0 Å². The molecule has 1 saturated heterocycles. The Morgan fingerprint density at radius 1 is 1.40 bits per heavy atom. The Morgan fingerprint density at radius 2 is 2.25 bits per heavy atom. The molecule has 0 saturated carbocycles. The first-order valence-electron chi connectivity index (χ1n) is 7.24. The molecule has 3 rings (SSSR count). The van der Waals surface area contributed by atoms with E-state index in [0.29, 0.717) is 19.8 Å².